The van der Waals surface area contributed by atoms with Gasteiger partial charge in [0.1, 0.15) is 5.82 Å². The second kappa shape index (κ2) is 4.24. The molecule has 6 heteroatoms. The molecule has 0 fully saturated rings. The van der Waals surface area contributed by atoms with Gasteiger partial charge in [-0.25, -0.2) is 4.98 Å². The Morgan fingerprint density at radius 1 is 1.47 bits per heavy atom. The number of hydrogen-bond donors (Lipinski definition) is 2. The summed E-state index contributed by atoms with van der Waals surface area (Å²) in [6, 6.07) is 5.75. The molecule has 1 aromatic carbocycles. The van der Waals surface area contributed by atoms with Crippen LogP contribution in [-0.2, 0) is 0 Å². The molecule has 0 radical (unpaired) electrons. The van der Waals surface area contributed by atoms with E-state index in [1.807, 2.05) is 25.1 Å². The predicted molar refractivity (Wildman–Crippen MR) is 63.8 cm³/mol. The first-order chi connectivity index (χ1) is 7.15. The highest BCUT2D eigenvalue weighted by atomic mass is 79.9. The minimum atomic E-state index is 0.682. The van der Waals surface area contributed by atoms with Crippen molar-refractivity contribution in [2.24, 2.45) is 0 Å². The smallest absolute Gasteiger partial charge is 0.213 e. The molecule has 0 aliphatic carbocycles. The van der Waals surface area contributed by atoms with Crippen molar-refractivity contribution in [2.45, 2.75) is 17.0 Å². The first kappa shape index (κ1) is 10.5. The van der Waals surface area contributed by atoms with Crippen molar-refractivity contribution in [1.82, 2.24) is 15.2 Å². The van der Waals surface area contributed by atoms with Crippen molar-refractivity contribution < 1.29 is 0 Å². The number of nitrogen functional groups attached to an aromatic ring is 1. The SMILES string of the molecule is Cc1nc(Sc2ccc(Br)cc2N)n[nH]1. The first-order valence-electron chi connectivity index (χ1n) is 4.27. The number of hydrogen-bond acceptors (Lipinski definition) is 4. The molecular formula is C9H9BrN4S. The number of aromatic nitrogens is 3. The molecular weight excluding hydrogens is 276 g/mol. The Morgan fingerprint density at radius 3 is 2.87 bits per heavy atom. The Kier molecular flexibility index (Phi) is 2.97. The summed E-state index contributed by atoms with van der Waals surface area (Å²) in [7, 11) is 0. The van der Waals surface area contributed by atoms with E-state index in [1.54, 1.807) is 0 Å². The molecule has 15 heavy (non-hydrogen) atoms. The lowest BCUT2D eigenvalue weighted by Crippen LogP contribution is -1.88. The Labute approximate surface area is 99.8 Å². The molecule has 0 saturated carbocycles. The van der Waals surface area contributed by atoms with Gasteiger partial charge in [-0.3, -0.25) is 5.10 Å². The summed E-state index contributed by atoms with van der Waals surface area (Å²) in [5.41, 5.74) is 6.58. The molecule has 0 unspecified atom stereocenters. The molecule has 78 valence electrons. The Morgan fingerprint density at radius 2 is 2.27 bits per heavy atom. The molecule has 0 bridgehead atoms. The standard InChI is InChI=1S/C9H9BrN4S/c1-5-12-9(14-13-5)15-8-3-2-6(10)4-7(8)11/h2-4H,11H2,1H3,(H,12,13,14). The van der Waals surface area contributed by atoms with E-state index < -0.39 is 0 Å². The van der Waals surface area contributed by atoms with E-state index in [1.165, 1.54) is 11.8 Å². The molecule has 0 spiro atoms. The predicted octanol–water partition coefficient (Wildman–Crippen LogP) is 2.61. The molecule has 0 atom stereocenters. The summed E-state index contributed by atoms with van der Waals surface area (Å²) < 4.78 is 0.968. The number of nitrogens with one attached hydrogen (secondary N) is 1. The number of nitrogens with two attached hydrogens (primary N) is 1. The first-order valence-corrected chi connectivity index (χ1v) is 5.88. The molecule has 0 amide bonds. The highest BCUT2D eigenvalue weighted by Crippen LogP contribution is 2.31. The van der Waals surface area contributed by atoms with Gasteiger partial charge in [0.05, 0.1) is 0 Å². The van der Waals surface area contributed by atoms with E-state index in [-0.39, 0.29) is 0 Å². The largest absolute Gasteiger partial charge is 0.398 e. The van der Waals surface area contributed by atoms with Gasteiger partial charge < -0.3 is 5.73 Å². The van der Waals surface area contributed by atoms with Gasteiger partial charge in [-0.2, -0.15) is 0 Å². The van der Waals surface area contributed by atoms with Crippen LogP contribution >= 0.6 is 27.7 Å². The third-order valence-corrected chi connectivity index (χ3v) is 3.20. The number of benzene rings is 1. The molecule has 0 saturated heterocycles. The molecule has 2 rings (SSSR count). The van der Waals surface area contributed by atoms with Crippen molar-refractivity contribution in [3.05, 3.63) is 28.5 Å². The van der Waals surface area contributed by atoms with Crippen LogP contribution < -0.4 is 5.73 Å². The van der Waals surface area contributed by atoms with Crippen LogP contribution in [0.5, 0.6) is 0 Å². The van der Waals surface area contributed by atoms with Crippen molar-refractivity contribution in [3.8, 4) is 0 Å². The zero-order valence-electron chi connectivity index (χ0n) is 7.99. The maximum absolute atomic E-state index is 5.86. The fraction of sp³-hybridized carbons (Fsp3) is 0.111. The molecule has 1 heterocycles. The van der Waals surface area contributed by atoms with E-state index in [0.717, 1.165) is 20.9 Å². The van der Waals surface area contributed by atoms with E-state index in [4.69, 9.17) is 5.73 Å². The van der Waals surface area contributed by atoms with Crippen LogP contribution in [0.25, 0.3) is 0 Å². The lowest BCUT2D eigenvalue weighted by atomic mass is 10.3. The zero-order chi connectivity index (χ0) is 10.8. The Hall–Kier alpha value is -1.01. The minimum Gasteiger partial charge on any atom is -0.398 e. The monoisotopic (exact) mass is 284 g/mol. The number of nitrogens with zero attached hydrogens (tertiary/aromatic N) is 2. The number of rotatable bonds is 2. The average Bonchev–Trinajstić information content (AvgIpc) is 2.56. The minimum absolute atomic E-state index is 0.682. The van der Waals surface area contributed by atoms with Crippen LogP contribution in [0.15, 0.2) is 32.7 Å². The van der Waals surface area contributed by atoms with Gasteiger partial charge in [0.2, 0.25) is 5.16 Å². The van der Waals surface area contributed by atoms with E-state index in [9.17, 15) is 0 Å². The van der Waals surface area contributed by atoms with Crippen LogP contribution in [0.4, 0.5) is 5.69 Å². The van der Waals surface area contributed by atoms with Gasteiger partial charge in [0.25, 0.3) is 0 Å². The van der Waals surface area contributed by atoms with Gasteiger partial charge in [-0.05, 0) is 36.9 Å². The second-order valence-electron chi connectivity index (χ2n) is 2.99. The number of aryl methyl sites for hydroxylation is 1. The number of anilines is 1. The molecule has 0 aliphatic rings. The van der Waals surface area contributed by atoms with Crippen LogP contribution in [0.2, 0.25) is 0 Å². The van der Waals surface area contributed by atoms with Crippen LogP contribution in [0.1, 0.15) is 5.82 Å². The summed E-state index contributed by atoms with van der Waals surface area (Å²) in [5.74, 6) is 0.799. The van der Waals surface area contributed by atoms with Crippen molar-refractivity contribution in [2.75, 3.05) is 5.73 Å². The van der Waals surface area contributed by atoms with Crippen molar-refractivity contribution >= 4 is 33.4 Å². The van der Waals surface area contributed by atoms with Crippen LogP contribution in [0, 0.1) is 6.92 Å². The molecule has 0 aliphatic heterocycles. The zero-order valence-corrected chi connectivity index (χ0v) is 10.4. The van der Waals surface area contributed by atoms with Crippen molar-refractivity contribution in [3.63, 3.8) is 0 Å². The van der Waals surface area contributed by atoms with Crippen LogP contribution in [0.3, 0.4) is 0 Å². The fourth-order valence-corrected chi connectivity index (χ4v) is 2.24. The number of H-pyrrole nitrogens is 1. The summed E-state index contributed by atoms with van der Waals surface area (Å²) in [6.45, 7) is 1.86. The Balaban J connectivity index is 2.24. The number of aromatic amines is 1. The van der Waals surface area contributed by atoms with Gasteiger partial charge in [0.15, 0.2) is 0 Å². The van der Waals surface area contributed by atoms with E-state index in [0.29, 0.717) is 5.16 Å². The lowest BCUT2D eigenvalue weighted by molar-refractivity contribution is 0.969. The molecule has 2 aromatic rings. The fourth-order valence-electron chi connectivity index (χ4n) is 1.08. The highest BCUT2D eigenvalue weighted by molar-refractivity contribution is 9.10. The topological polar surface area (TPSA) is 67.6 Å². The van der Waals surface area contributed by atoms with Crippen LogP contribution in [-0.4, -0.2) is 15.2 Å². The summed E-state index contributed by atoms with van der Waals surface area (Å²) in [6.07, 6.45) is 0. The normalized spacial score (nSPS) is 10.5. The van der Waals surface area contributed by atoms with Gasteiger partial charge in [0, 0.05) is 15.1 Å². The maximum atomic E-state index is 5.86. The third kappa shape index (κ3) is 2.51. The van der Waals surface area contributed by atoms with Gasteiger partial charge in [-0.1, -0.05) is 15.9 Å². The quantitative estimate of drug-likeness (QED) is 0.832. The Bertz CT molecular complexity index is 483. The number of halogens is 1. The van der Waals surface area contributed by atoms with E-state index >= 15 is 0 Å². The van der Waals surface area contributed by atoms with E-state index in [2.05, 4.69) is 31.1 Å². The average molecular weight is 285 g/mol. The second-order valence-corrected chi connectivity index (χ2v) is 4.91. The summed E-state index contributed by atoms with van der Waals surface area (Å²) >= 11 is 4.80. The highest BCUT2D eigenvalue weighted by Gasteiger charge is 2.06. The lowest BCUT2D eigenvalue weighted by Gasteiger charge is -2.02. The summed E-state index contributed by atoms with van der Waals surface area (Å²) in [4.78, 5) is 5.15. The summed E-state index contributed by atoms with van der Waals surface area (Å²) in [5, 5.41) is 7.50. The molecule has 1 aromatic heterocycles. The van der Waals surface area contributed by atoms with Gasteiger partial charge >= 0.3 is 0 Å². The van der Waals surface area contributed by atoms with Crippen molar-refractivity contribution in [1.29, 1.82) is 0 Å². The third-order valence-electron chi connectivity index (χ3n) is 1.75. The molecule has 3 N–H and O–H groups in total. The maximum Gasteiger partial charge on any atom is 0.213 e. The van der Waals surface area contributed by atoms with Gasteiger partial charge in [-0.15, -0.1) is 5.10 Å². The molecule has 4 nitrogen and oxygen atoms in total.